The third-order valence-corrected chi connectivity index (χ3v) is 6.08. The van der Waals surface area contributed by atoms with E-state index in [1.54, 1.807) is 18.2 Å². The largest absolute Gasteiger partial charge is 0.352 e. The van der Waals surface area contributed by atoms with Gasteiger partial charge in [-0.1, -0.05) is 54.9 Å². The van der Waals surface area contributed by atoms with Gasteiger partial charge in [-0.15, -0.1) is 0 Å². The number of amides is 2. The first-order valence-electron chi connectivity index (χ1n) is 12.2. The molecule has 184 valence electrons. The Kier molecular flexibility index (Phi) is 7.92. The van der Waals surface area contributed by atoms with Crippen molar-refractivity contribution in [3.8, 4) is 11.4 Å². The number of benzene rings is 2. The molecule has 0 spiro atoms. The normalized spacial score (nSPS) is 16.3. The second kappa shape index (κ2) is 11.3. The van der Waals surface area contributed by atoms with Gasteiger partial charge in [-0.3, -0.25) is 14.5 Å². The van der Waals surface area contributed by atoms with Gasteiger partial charge in [0.2, 0.25) is 17.6 Å². The smallest absolute Gasteiger partial charge is 0.253 e. The molecule has 1 saturated heterocycles. The summed E-state index contributed by atoms with van der Waals surface area (Å²) in [7, 11) is 0. The number of nitrogens with zero attached hydrogens (tertiary/aromatic N) is 3. The van der Waals surface area contributed by atoms with Crippen molar-refractivity contribution in [2.24, 2.45) is 11.8 Å². The number of rotatable bonds is 8. The maximum absolute atomic E-state index is 13.1. The van der Waals surface area contributed by atoms with Gasteiger partial charge < -0.3 is 15.2 Å². The van der Waals surface area contributed by atoms with Crippen LogP contribution in [0, 0.1) is 18.8 Å². The second-order valence-corrected chi connectivity index (χ2v) is 9.59. The molecule has 2 amide bonds. The molecule has 1 atom stereocenters. The van der Waals surface area contributed by atoms with Crippen LogP contribution in [0.4, 0.5) is 5.69 Å². The molecule has 1 aliphatic rings. The molecular weight excluding hydrogens is 442 g/mol. The Morgan fingerprint density at radius 2 is 2.00 bits per heavy atom. The summed E-state index contributed by atoms with van der Waals surface area (Å²) < 4.78 is 5.49. The average molecular weight is 476 g/mol. The van der Waals surface area contributed by atoms with Crippen LogP contribution in [-0.4, -0.2) is 46.5 Å². The van der Waals surface area contributed by atoms with Gasteiger partial charge in [0, 0.05) is 18.7 Å². The Hall–Kier alpha value is -3.52. The second-order valence-electron chi connectivity index (χ2n) is 9.59. The highest BCUT2D eigenvalue weighted by molar-refractivity contribution is 6.04. The molecule has 35 heavy (non-hydrogen) atoms. The third kappa shape index (κ3) is 6.54. The molecule has 0 radical (unpaired) electrons. The maximum Gasteiger partial charge on any atom is 0.253 e. The summed E-state index contributed by atoms with van der Waals surface area (Å²) in [5.74, 6) is 1.01. The number of likely N-dealkylation sites (tertiary alicyclic amines) is 1. The van der Waals surface area contributed by atoms with Crippen LogP contribution in [0.25, 0.3) is 11.4 Å². The molecule has 1 fully saturated rings. The van der Waals surface area contributed by atoms with Crippen LogP contribution < -0.4 is 10.6 Å². The van der Waals surface area contributed by atoms with Gasteiger partial charge in [-0.2, -0.15) is 4.98 Å². The fourth-order valence-electron chi connectivity index (χ4n) is 4.24. The van der Waals surface area contributed by atoms with Crippen LogP contribution >= 0.6 is 0 Å². The van der Waals surface area contributed by atoms with E-state index < -0.39 is 0 Å². The zero-order valence-corrected chi connectivity index (χ0v) is 20.6. The van der Waals surface area contributed by atoms with E-state index in [1.165, 1.54) is 0 Å². The average Bonchev–Trinajstić information content (AvgIpc) is 3.31. The zero-order valence-electron chi connectivity index (χ0n) is 20.6. The monoisotopic (exact) mass is 475 g/mol. The lowest BCUT2D eigenvalue weighted by Gasteiger charge is -2.31. The minimum atomic E-state index is -0.185. The van der Waals surface area contributed by atoms with E-state index in [-0.39, 0.29) is 17.7 Å². The number of aromatic nitrogens is 2. The van der Waals surface area contributed by atoms with Gasteiger partial charge in [0.25, 0.3) is 5.91 Å². The van der Waals surface area contributed by atoms with Crippen molar-refractivity contribution in [1.82, 2.24) is 20.4 Å². The van der Waals surface area contributed by atoms with E-state index in [9.17, 15) is 9.59 Å². The summed E-state index contributed by atoms with van der Waals surface area (Å²) in [5.41, 5.74) is 3.07. The van der Waals surface area contributed by atoms with Gasteiger partial charge in [-0.25, -0.2) is 0 Å². The lowest BCUT2D eigenvalue weighted by atomic mass is 9.96. The molecule has 0 aliphatic carbocycles. The van der Waals surface area contributed by atoms with Crippen LogP contribution in [0.5, 0.6) is 0 Å². The number of carbonyl (C=O) groups is 2. The van der Waals surface area contributed by atoms with Gasteiger partial charge in [0.05, 0.1) is 23.7 Å². The Morgan fingerprint density at radius 3 is 2.80 bits per heavy atom. The molecule has 2 aromatic carbocycles. The van der Waals surface area contributed by atoms with E-state index in [4.69, 9.17) is 4.52 Å². The molecule has 1 aromatic heterocycles. The number of nitrogens with one attached hydrogen (secondary N) is 2. The predicted molar refractivity (Wildman–Crippen MR) is 135 cm³/mol. The minimum Gasteiger partial charge on any atom is -0.352 e. The Bertz CT molecular complexity index is 1170. The molecule has 3 aromatic rings. The summed E-state index contributed by atoms with van der Waals surface area (Å²) in [5, 5.41) is 10.0. The molecule has 4 rings (SSSR count). The van der Waals surface area contributed by atoms with Crippen molar-refractivity contribution in [1.29, 1.82) is 0 Å². The molecule has 0 saturated carbocycles. The van der Waals surface area contributed by atoms with Gasteiger partial charge in [0.15, 0.2) is 0 Å². The summed E-state index contributed by atoms with van der Waals surface area (Å²) in [6.45, 7) is 8.65. The number of aryl methyl sites for hydroxylation is 1. The molecule has 2 N–H and O–H groups in total. The molecular formula is C27H33N5O3. The van der Waals surface area contributed by atoms with E-state index in [0.29, 0.717) is 48.5 Å². The highest BCUT2D eigenvalue weighted by Crippen LogP contribution is 2.23. The van der Waals surface area contributed by atoms with Crippen molar-refractivity contribution in [3.63, 3.8) is 0 Å². The summed E-state index contributed by atoms with van der Waals surface area (Å²) in [6.07, 6.45) is 1.69. The van der Waals surface area contributed by atoms with Crippen molar-refractivity contribution < 1.29 is 14.1 Å². The minimum absolute atomic E-state index is 0.0789. The van der Waals surface area contributed by atoms with Gasteiger partial charge >= 0.3 is 0 Å². The van der Waals surface area contributed by atoms with Crippen molar-refractivity contribution in [2.75, 3.05) is 25.0 Å². The number of carbonyl (C=O) groups excluding carboxylic acids is 2. The van der Waals surface area contributed by atoms with Gasteiger partial charge in [-0.05, 0) is 50.4 Å². The quantitative estimate of drug-likeness (QED) is 0.504. The standard InChI is InChI=1S/C27H33N5O3/c1-18(2)15-28-27(34)22-11-4-5-12-23(22)29-26(33)21-10-7-13-32(16-21)17-24-30-25(31-35-24)20-9-6-8-19(3)14-20/h4-6,8-9,11-12,14,18,21H,7,10,13,15-17H2,1-3H3,(H,28,34)(H,29,33). The number of para-hydroxylation sites is 1. The number of hydrogen-bond donors (Lipinski definition) is 2. The number of hydrogen-bond acceptors (Lipinski definition) is 6. The van der Waals surface area contributed by atoms with Crippen LogP contribution in [0.2, 0.25) is 0 Å². The lowest BCUT2D eigenvalue weighted by molar-refractivity contribution is -0.121. The van der Waals surface area contributed by atoms with Crippen molar-refractivity contribution in [3.05, 3.63) is 65.5 Å². The summed E-state index contributed by atoms with van der Waals surface area (Å²) in [6, 6.07) is 15.1. The molecule has 8 nitrogen and oxygen atoms in total. The summed E-state index contributed by atoms with van der Waals surface area (Å²) in [4.78, 5) is 32.4. The van der Waals surface area contributed by atoms with E-state index in [1.807, 2.05) is 51.1 Å². The van der Waals surface area contributed by atoms with Crippen LogP contribution in [-0.2, 0) is 11.3 Å². The number of piperidine rings is 1. The maximum atomic E-state index is 13.1. The third-order valence-electron chi connectivity index (χ3n) is 6.08. The first-order chi connectivity index (χ1) is 16.9. The van der Waals surface area contributed by atoms with E-state index in [0.717, 1.165) is 30.5 Å². The Labute approximate surface area is 206 Å². The zero-order chi connectivity index (χ0) is 24.8. The molecule has 8 heteroatoms. The highest BCUT2D eigenvalue weighted by atomic mass is 16.5. The van der Waals surface area contributed by atoms with Crippen molar-refractivity contribution >= 4 is 17.5 Å². The Morgan fingerprint density at radius 1 is 1.17 bits per heavy atom. The van der Waals surface area contributed by atoms with Crippen molar-refractivity contribution in [2.45, 2.75) is 40.2 Å². The fraction of sp³-hybridized carbons (Fsp3) is 0.407. The molecule has 0 bridgehead atoms. The number of anilines is 1. The van der Waals surface area contributed by atoms with Gasteiger partial charge in [0.1, 0.15) is 0 Å². The first-order valence-corrected chi connectivity index (χ1v) is 12.2. The fourth-order valence-corrected chi connectivity index (χ4v) is 4.24. The Balaban J connectivity index is 1.37. The van der Waals surface area contributed by atoms with Crippen LogP contribution in [0.1, 0.15) is 48.5 Å². The van der Waals surface area contributed by atoms with E-state index >= 15 is 0 Å². The van der Waals surface area contributed by atoms with E-state index in [2.05, 4.69) is 25.7 Å². The lowest BCUT2D eigenvalue weighted by Crippen LogP contribution is -2.40. The topological polar surface area (TPSA) is 100 Å². The highest BCUT2D eigenvalue weighted by Gasteiger charge is 2.28. The molecule has 1 unspecified atom stereocenters. The van der Waals surface area contributed by atoms with Crippen LogP contribution in [0.3, 0.4) is 0 Å². The summed E-state index contributed by atoms with van der Waals surface area (Å²) >= 11 is 0. The van der Waals surface area contributed by atoms with Crippen LogP contribution in [0.15, 0.2) is 53.1 Å². The molecule has 1 aliphatic heterocycles. The SMILES string of the molecule is Cc1cccc(-c2noc(CN3CCCC(C(=O)Nc4ccccc4C(=O)NCC(C)C)C3)n2)c1. The first kappa shape index (κ1) is 24.6. The molecule has 2 heterocycles. The predicted octanol–water partition coefficient (Wildman–Crippen LogP) is 4.28.